The number of carbonyl (C=O) groups is 3. The number of amides is 1. The number of aliphatic hydroxyl groups is 2. The Balaban J connectivity index is 3.12. The normalized spacial score (nSPS) is 22.7. The molecule has 1 amide bonds. The first-order chi connectivity index (χ1) is 12.1. The molecule has 0 saturated carbocycles. The highest BCUT2D eigenvalue weighted by Crippen LogP contribution is 2.31. The molecular formula is C19H27NO6. The van der Waals surface area contributed by atoms with Crippen LogP contribution in [-0.4, -0.2) is 56.6 Å². The number of unbranched alkanes of at least 4 members (excludes halogenated alkanes) is 1. The van der Waals surface area contributed by atoms with Gasteiger partial charge in [-0.25, -0.2) is 4.79 Å². The largest absolute Gasteiger partial charge is 0.507 e. The van der Waals surface area contributed by atoms with Gasteiger partial charge in [0, 0.05) is 13.5 Å². The van der Waals surface area contributed by atoms with Gasteiger partial charge in [0.2, 0.25) is 0 Å². The molecule has 0 unspecified atom stereocenters. The van der Waals surface area contributed by atoms with E-state index in [1.54, 1.807) is 6.08 Å². The molecule has 1 heterocycles. The minimum absolute atomic E-state index is 0.394. The third kappa shape index (κ3) is 4.40. The summed E-state index contributed by atoms with van der Waals surface area (Å²) in [6.45, 7) is 5.07. The Hall–Kier alpha value is -2.41. The van der Waals surface area contributed by atoms with Gasteiger partial charge in [-0.3, -0.25) is 9.59 Å². The molecule has 7 nitrogen and oxygen atoms in total. The number of carboxylic acids is 1. The van der Waals surface area contributed by atoms with E-state index in [0.717, 1.165) is 17.7 Å². The van der Waals surface area contributed by atoms with E-state index >= 15 is 0 Å². The summed E-state index contributed by atoms with van der Waals surface area (Å²) >= 11 is 0. The third-order valence-electron chi connectivity index (χ3n) is 4.59. The Bertz CT molecular complexity index is 661. The number of carbonyl (C=O) groups excluding carboxylic acids is 2. The topological polar surface area (TPSA) is 115 Å². The van der Waals surface area contributed by atoms with Crippen LogP contribution in [0.15, 0.2) is 35.6 Å². The monoisotopic (exact) mass is 365 g/mol. The van der Waals surface area contributed by atoms with Crippen LogP contribution in [0.2, 0.25) is 0 Å². The van der Waals surface area contributed by atoms with Gasteiger partial charge in [-0.1, -0.05) is 45.4 Å². The van der Waals surface area contributed by atoms with Crippen molar-refractivity contribution in [2.24, 2.45) is 5.92 Å². The molecule has 1 aliphatic heterocycles. The van der Waals surface area contributed by atoms with Crippen LogP contribution in [0.3, 0.4) is 0 Å². The first-order valence-corrected chi connectivity index (χ1v) is 8.61. The van der Waals surface area contributed by atoms with E-state index in [-0.39, 0.29) is 0 Å². The fourth-order valence-electron chi connectivity index (χ4n) is 2.67. The number of Topliss-reactive ketones (excluding diaryl/α,β-unsaturated/α-hetero) is 1. The predicted octanol–water partition coefficient (Wildman–Crippen LogP) is 1.98. The fraction of sp³-hybridized carbons (Fsp3) is 0.526. The van der Waals surface area contributed by atoms with Gasteiger partial charge in [-0.2, -0.15) is 0 Å². The Morgan fingerprint density at radius 3 is 2.38 bits per heavy atom. The predicted molar refractivity (Wildman–Crippen MR) is 96.4 cm³/mol. The first kappa shape index (κ1) is 21.6. The number of ketones is 1. The highest BCUT2D eigenvalue weighted by molar-refractivity contribution is 6.27. The molecule has 0 aromatic heterocycles. The molecule has 1 rings (SSSR count). The summed E-state index contributed by atoms with van der Waals surface area (Å²) in [6, 6.07) is -1.15. The van der Waals surface area contributed by atoms with Crippen LogP contribution in [0.1, 0.15) is 40.0 Å². The molecule has 1 fully saturated rings. The minimum atomic E-state index is -2.15. The summed E-state index contributed by atoms with van der Waals surface area (Å²) < 4.78 is 0. The lowest BCUT2D eigenvalue weighted by Gasteiger charge is -2.31. The van der Waals surface area contributed by atoms with E-state index in [1.165, 1.54) is 33.0 Å². The molecule has 0 aromatic carbocycles. The maximum absolute atomic E-state index is 12.6. The zero-order chi connectivity index (χ0) is 20.1. The number of rotatable bonds is 8. The molecule has 0 aromatic rings. The van der Waals surface area contributed by atoms with Crippen LogP contribution >= 0.6 is 0 Å². The number of nitrogens with zero attached hydrogens (tertiary/aromatic N) is 1. The summed E-state index contributed by atoms with van der Waals surface area (Å²) in [5.41, 5.74) is -2.55. The number of likely N-dealkylation sites (N-methyl/N-ethyl adjacent to an activating group) is 1. The van der Waals surface area contributed by atoms with Crippen molar-refractivity contribution in [3.63, 3.8) is 0 Å². The molecule has 0 bridgehead atoms. The van der Waals surface area contributed by atoms with Crippen molar-refractivity contribution in [2.75, 3.05) is 7.05 Å². The Kier molecular flexibility index (Phi) is 7.32. The van der Waals surface area contributed by atoms with E-state index in [0.29, 0.717) is 0 Å². The van der Waals surface area contributed by atoms with Crippen LogP contribution in [0.4, 0.5) is 0 Å². The highest BCUT2D eigenvalue weighted by Gasteiger charge is 2.50. The third-order valence-corrected chi connectivity index (χ3v) is 4.59. The lowest BCUT2D eigenvalue weighted by Crippen LogP contribution is -2.49. The molecule has 0 spiro atoms. The van der Waals surface area contributed by atoms with Gasteiger partial charge in [-0.05, 0) is 18.4 Å². The quantitative estimate of drug-likeness (QED) is 0.262. The molecule has 1 saturated heterocycles. The number of hydrogen-bond acceptors (Lipinski definition) is 5. The zero-order valence-corrected chi connectivity index (χ0v) is 15.6. The van der Waals surface area contributed by atoms with Gasteiger partial charge in [0.15, 0.2) is 11.4 Å². The fourth-order valence-corrected chi connectivity index (χ4v) is 2.67. The minimum Gasteiger partial charge on any atom is -0.507 e. The Morgan fingerprint density at radius 2 is 1.88 bits per heavy atom. The molecule has 2 atom stereocenters. The summed E-state index contributed by atoms with van der Waals surface area (Å²) in [6.07, 6.45) is 7.76. The van der Waals surface area contributed by atoms with Gasteiger partial charge < -0.3 is 20.2 Å². The molecule has 1 aliphatic rings. The van der Waals surface area contributed by atoms with E-state index < -0.39 is 53.0 Å². The Labute approximate surface area is 153 Å². The molecule has 0 aliphatic carbocycles. The van der Waals surface area contributed by atoms with Crippen molar-refractivity contribution in [3.05, 3.63) is 35.6 Å². The smallest absolute Gasteiger partial charge is 0.336 e. The van der Waals surface area contributed by atoms with Crippen molar-refractivity contribution >= 4 is 17.7 Å². The lowest BCUT2D eigenvalue weighted by molar-refractivity contribution is -0.166. The SMILES string of the molecule is CCCC=CC=CC(O)=C1C(=O)[C@H](C[C@@](O)(C(=O)O)C(C)C)N(C)C1=O. The summed E-state index contributed by atoms with van der Waals surface area (Å²) in [5.74, 6) is -3.99. The second kappa shape index (κ2) is 8.80. The standard InChI is InChI=1S/C19H27NO6/c1-5-6-7-8-9-10-14(21)15-16(22)13(20(4)17(15)23)11-19(26,12(2)3)18(24)25/h7-10,12-13,21,26H,5-6,11H2,1-4H3,(H,24,25)/t13-,19-/m0/s1. The number of hydrogen-bond donors (Lipinski definition) is 3. The molecule has 144 valence electrons. The summed E-state index contributed by atoms with van der Waals surface area (Å²) in [4.78, 5) is 37.4. The maximum Gasteiger partial charge on any atom is 0.336 e. The number of aliphatic carboxylic acids is 1. The molecular weight excluding hydrogens is 338 g/mol. The highest BCUT2D eigenvalue weighted by atomic mass is 16.4. The van der Waals surface area contributed by atoms with Gasteiger partial charge in [-0.15, -0.1) is 0 Å². The summed E-state index contributed by atoms with van der Waals surface area (Å²) in [5, 5.41) is 29.8. The van der Waals surface area contributed by atoms with E-state index in [4.69, 9.17) is 0 Å². The summed E-state index contributed by atoms with van der Waals surface area (Å²) in [7, 11) is 1.35. The van der Waals surface area contributed by atoms with Gasteiger partial charge in [0.25, 0.3) is 5.91 Å². The van der Waals surface area contributed by atoms with Crippen LogP contribution in [0, 0.1) is 5.92 Å². The average molecular weight is 365 g/mol. The van der Waals surface area contributed by atoms with Crippen molar-refractivity contribution in [3.8, 4) is 0 Å². The van der Waals surface area contributed by atoms with Gasteiger partial charge in [0.05, 0.1) is 6.04 Å². The van der Waals surface area contributed by atoms with Crippen LogP contribution in [-0.2, 0) is 14.4 Å². The second-order valence-corrected chi connectivity index (χ2v) is 6.72. The van der Waals surface area contributed by atoms with Crippen molar-refractivity contribution in [2.45, 2.75) is 51.7 Å². The Morgan fingerprint density at radius 1 is 1.27 bits per heavy atom. The van der Waals surface area contributed by atoms with Crippen LogP contribution in [0.25, 0.3) is 0 Å². The van der Waals surface area contributed by atoms with Gasteiger partial charge in [0.1, 0.15) is 11.3 Å². The average Bonchev–Trinajstić information content (AvgIpc) is 2.77. The van der Waals surface area contributed by atoms with E-state index in [9.17, 15) is 29.7 Å². The molecule has 0 radical (unpaired) electrons. The van der Waals surface area contributed by atoms with Gasteiger partial charge >= 0.3 is 5.97 Å². The van der Waals surface area contributed by atoms with Crippen LogP contribution < -0.4 is 0 Å². The van der Waals surface area contributed by atoms with E-state index in [2.05, 4.69) is 0 Å². The van der Waals surface area contributed by atoms with Crippen molar-refractivity contribution in [1.29, 1.82) is 0 Å². The number of aliphatic hydroxyl groups excluding tert-OH is 1. The van der Waals surface area contributed by atoms with Crippen LogP contribution in [0.5, 0.6) is 0 Å². The molecule has 26 heavy (non-hydrogen) atoms. The van der Waals surface area contributed by atoms with Crippen molar-refractivity contribution in [1.82, 2.24) is 4.90 Å². The molecule has 7 heteroatoms. The first-order valence-electron chi connectivity index (χ1n) is 8.61. The lowest BCUT2D eigenvalue weighted by atomic mass is 9.83. The van der Waals surface area contributed by atoms with E-state index in [1.807, 2.05) is 13.0 Å². The molecule has 3 N–H and O–H groups in total. The van der Waals surface area contributed by atoms with Crippen molar-refractivity contribution < 1.29 is 29.7 Å². The second-order valence-electron chi connectivity index (χ2n) is 6.72. The number of likely N-dealkylation sites (tertiary alicyclic amines) is 1. The maximum atomic E-state index is 12.6. The number of carboxylic acid groups (broad SMARTS) is 1. The zero-order valence-electron chi connectivity index (χ0n) is 15.6. The number of allylic oxidation sites excluding steroid dienone is 4.